The summed E-state index contributed by atoms with van der Waals surface area (Å²) < 4.78 is 0. The average molecular weight is 229 g/mol. The SMILES string of the molecule is Cc1cnc2c(C)ccc(CNCN)c2c1C. The van der Waals surface area contributed by atoms with E-state index >= 15 is 0 Å². The topological polar surface area (TPSA) is 50.9 Å². The van der Waals surface area contributed by atoms with Crippen molar-refractivity contribution in [2.75, 3.05) is 6.67 Å². The minimum Gasteiger partial charge on any atom is -0.318 e. The Morgan fingerprint density at radius 3 is 2.65 bits per heavy atom. The van der Waals surface area contributed by atoms with Gasteiger partial charge in [-0.1, -0.05) is 12.1 Å². The molecule has 1 aromatic carbocycles. The molecule has 0 bridgehead atoms. The Labute approximate surface area is 102 Å². The maximum atomic E-state index is 5.49. The molecule has 0 saturated carbocycles. The van der Waals surface area contributed by atoms with E-state index in [9.17, 15) is 0 Å². The van der Waals surface area contributed by atoms with Crippen molar-refractivity contribution in [2.45, 2.75) is 27.3 Å². The van der Waals surface area contributed by atoms with Gasteiger partial charge in [-0.2, -0.15) is 0 Å². The van der Waals surface area contributed by atoms with Crippen molar-refractivity contribution in [3.05, 3.63) is 40.6 Å². The minimum atomic E-state index is 0.494. The van der Waals surface area contributed by atoms with Gasteiger partial charge in [-0.3, -0.25) is 4.98 Å². The highest BCUT2D eigenvalue weighted by atomic mass is 14.9. The van der Waals surface area contributed by atoms with Crippen LogP contribution >= 0.6 is 0 Å². The highest BCUT2D eigenvalue weighted by Gasteiger charge is 2.08. The number of benzene rings is 1. The molecule has 90 valence electrons. The lowest BCUT2D eigenvalue weighted by atomic mass is 9.98. The van der Waals surface area contributed by atoms with E-state index in [0.29, 0.717) is 6.67 Å². The lowest BCUT2D eigenvalue weighted by Gasteiger charge is -2.12. The summed E-state index contributed by atoms with van der Waals surface area (Å²) in [5, 5.41) is 4.44. The fraction of sp³-hybridized carbons (Fsp3) is 0.357. The first-order valence-electron chi connectivity index (χ1n) is 5.90. The first-order valence-corrected chi connectivity index (χ1v) is 5.90. The minimum absolute atomic E-state index is 0.494. The van der Waals surface area contributed by atoms with E-state index in [2.05, 4.69) is 43.2 Å². The maximum absolute atomic E-state index is 5.49. The predicted molar refractivity (Wildman–Crippen MR) is 71.8 cm³/mol. The van der Waals surface area contributed by atoms with E-state index in [1.165, 1.54) is 27.6 Å². The number of nitrogens with two attached hydrogens (primary N) is 1. The van der Waals surface area contributed by atoms with Crippen LogP contribution in [0.4, 0.5) is 0 Å². The van der Waals surface area contributed by atoms with Crippen LogP contribution in [-0.4, -0.2) is 11.7 Å². The Kier molecular flexibility index (Phi) is 3.41. The van der Waals surface area contributed by atoms with Crippen LogP contribution in [0.5, 0.6) is 0 Å². The standard InChI is InChI=1S/C14H19N3/c1-9-4-5-12(7-16-8-15)13-11(3)10(2)6-17-14(9)13/h4-6,16H,7-8,15H2,1-3H3. The molecule has 0 aliphatic rings. The highest BCUT2D eigenvalue weighted by molar-refractivity contribution is 5.88. The van der Waals surface area contributed by atoms with Gasteiger partial charge in [-0.05, 0) is 43.0 Å². The molecule has 1 aromatic heterocycles. The van der Waals surface area contributed by atoms with E-state index in [1.54, 1.807) is 0 Å². The van der Waals surface area contributed by atoms with Crippen LogP contribution in [0.2, 0.25) is 0 Å². The van der Waals surface area contributed by atoms with Crippen LogP contribution in [0.3, 0.4) is 0 Å². The van der Waals surface area contributed by atoms with Crippen LogP contribution in [0.1, 0.15) is 22.3 Å². The van der Waals surface area contributed by atoms with Crippen LogP contribution in [0.25, 0.3) is 10.9 Å². The first kappa shape index (κ1) is 12.0. The summed E-state index contributed by atoms with van der Waals surface area (Å²) in [6.45, 7) is 7.64. The Morgan fingerprint density at radius 2 is 1.94 bits per heavy atom. The van der Waals surface area contributed by atoms with Gasteiger partial charge in [-0.15, -0.1) is 0 Å². The second kappa shape index (κ2) is 4.82. The summed E-state index contributed by atoms with van der Waals surface area (Å²) in [5.41, 5.74) is 11.6. The Morgan fingerprint density at radius 1 is 1.18 bits per heavy atom. The lowest BCUT2D eigenvalue weighted by Crippen LogP contribution is -2.21. The molecule has 2 rings (SSSR count). The second-order valence-corrected chi connectivity index (χ2v) is 4.46. The smallest absolute Gasteiger partial charge is 0.0737 e. The number of nitrogens with one attached hydrogen (secondary N) is 1. The number of rotatable bonds is 3. The maximum Gasteiger partial charge on any atom is 0.0737 e. The van der Waals surface area contributed by atoms with Crippen molar-refractivity contribution in [3.8, 4) is 0 Å². The molecule has 0 fully saturated rings. The van der Waals surface area contributed by atoms with Gasteiger partial charge in [0.1, 0.15) is 0 Å². The zero-order chi connectivity index (χ0) is 12.4. The molecular formula is C14H19N3. The molecule has 0 radical (unpaired) electrons. The largest absolute Gasteiger partial charge is 0.318 e. The number of aromatic nitrogens is 1. The lowest BCUT2D eigenvalue weighted by molar-refractivity contribution is 0.712. The summed E-state index contributed by atoms with van der Waals surface area (Å²) in [4.78, 5) is 4.55. The zero-order valence-electron chi connectivity index (χ0n) is 10.7. The molecule has 3 heteroatoms. The van der Waals surface area contributed by atoms with Crippen LogP contribution in [0, 0.1) is 20.8 Å². The predicted octanol–water partition coefficient (Wildman–Crippen LogP) is 2.17. The van der Waals surface area contributed by atoms with E-state index in [4.69, 9.17) is 5.73 Å². The third-order valence-corrected chi connectivity index (χ3v) is 3.28. The highest BCUT2D eigenvalue weighted by Crippen LogP contribution is 2.25. The van der Waals surface area contributed by atoms with Crippen molar-refractivity contribution in [1.29, 1.82) is 0 Å². The molecule has 2 aromatic rings. The van der Waals surface area contributed by atoms with Gasteiger partial charge in [0, 0.05) is 24.8 Å². The fourth-order valence-electron chi connectivity index (χ4n) is 2.13. The molecule has 3 N–H and O–H groups in total. The van der Waals surface area contributed by atoms with Crippen LogP contribution in [-0.2, 0) is 6.54 Å². The van der Waals surface area contributed by atoms with Crippen LogP contribution < -0.4 is 11.1 Å². The molecular weight excluding hydrogens is 210 g/mol. The number of hydrogen-bond acceptors (Lipinski definition) is 3. The van der Waals surface area contributed by atoms with Gasteiger partial charge >= 0.3 is 0 Å². The van der Waals surface area contributed by atoms with Crippen LogP contribution in [0.15, 0.2) is 18.3 Å². The summed E-state index contributed by atoms with van der Waals surface area (Å²) >= 11 is 0. The monoisotopic (exact) mass is 229 g/mol. The Balaban J connectivity index is 2.68. The molecule has 0 saturated heterocycles. The third-order valence-electron chi connectivity index (χ3n) is 3.28. The number of pyridine rings is 1. The molecule has 3 nitrogen and oxygen atoms in total. The molecule has 1 heterocycles. The summed E-state index contributed by atoms with van der Waals surface area (Å²) in [6.07, 6.45) is 1.95. The molecule has 0 aliphatic carbocycles. The molecule has 0 amide bonds. The van der Waals surface area contributed by atoms with Gasteiger partial charge in [0.2, 0.25) is 0 Å². The number of hydrogen-bond donors (Lipinski definition) is 2. The quantitative estimate of drug-likeness (QED) is 0.793. The van der Waals surface area contributed by atoms with Gasteiger partial charge in [0.25, 0.3) is 0 Å². The van der Waals surface area contributed by atoms with Gasteiger partial charge in [0.15, 0.2) is 0 Å². The van der Waals surface area contributed by atoms with Crippen molar-refractivity contribution in [2.24, 2.45) is 5.73 Å². The molecule has 0 spiro atoms. The number of nitrogens with zero attached hydrogens (tertiary/aromatic N) is 1. The average Bonchev–Trinajstić information content (AvgIpc) is 2.33. The molecule has 0 aliphatic heterocycles. The van der Waals surface area contributed by atoms with Gasteiger partial charge in [-0.25, -0.2) is 0 Å². The Bertz CT molecular complexity index is 547. The van der Waals surface area contributed by atoms with Crippen molar-refractivity contribution in [3.63, 3.8) is 0 Å². The molecule has 17 heavy (non-hydrogen) atoms. The van der Waals surface area contributed by atoms with E-state index < -0.39 is 0 Å². The zero-order valence-corrected chi connectivity index (χ0v) is 10.7. The van der Waals surface area contributed by atoms with E-state index in [-0.39, 0.29) is 0 Å². The summed E-state index contributed by atoms with van der Waals surface area (Å²) in [7, 11) is 0. The van der Waals surface area contributed by atoms with Crippen molar-refractivity contribution in [1.82, 2.24) is 10.3 Å². The normalized spacial score (nSPS) is 11.1. The number of fused-ring (bicyclic) bond motifs is 1. The van der Waals surface area contributed by atoms with Gasteiger partial charge < -0.3 is 11.1 Å². The molecule has 0 unspecified atom stereocenters. The van der Waals surface area contributed by atoms with E-state index in [0.717, 1.165) is 12.1 Å². The summed E-state index contributed by atoms with van der Waals surface area (Å²) in [5.74, 6) is 0. The first-order chi connectivity index (χ1) is 8.15. The van der Waals surface area contributed by atoms with Crippen molar-refractivity contribution >= 4 is 10.9 Å². The summed E-state index contributed by atoms with van der Waals surface area (Å²) in [6, 6.07) is 4.28. The second-order valence-electron chi connectivity index (χ2n) is 4.46. The number of aryl methyl sites for hydroxylation is 3. The molecule has 0 atom stereocenters. The Hall–Kier alpha value is -1.45. The third kappa shape index (κ3) is 2.16. The van der Waals surface area contributed by atoms with E-state index in [1.807, 2.05) is 6.20 Å². The van der Waals surface area contributed by atoms with Crippen molar-refractivity contribution < 1.29 is 0 Å². The van der Waals surface area contributed by atoms with Gasteiger partial charge in [0.05, 0.1) is 5.52 Å². The fourth-order valence-corrected chi connectivity index (χ4v) is 2.13.